The zero-order valence-corrected chi connectivity index (χ0v) is 27.7. The summed E-state index contributed by atoms with van der Waals surface area (Å²) < 4.78 is 10.2. The van der Waals surface area contributed by atoms with Crippen molar-refractivity contribution in [3.05, 3.63) is 35.9 Å². The lowest BCUT2D eigenvalue weighted by Gasteiger charge is -2.34. The number of guanidine groups is 1. The summed E-state index contributed by atoms with van der Waals surface area (Å²) in [6.07, 6.45) is 1.73. The third-order valence-electron chi connectivity index (χ3n) is 7.25. The molecule has 0 saturated heterocycles. The van der Waals surface area contributed by atoms with E-state index in [-0.39, 0.29) is 44.9 Å². The van der Waals surface area contributed by atoms with Crippen LogP contribution in [0.15, 0.2) is 35.3 Å². The van der Waals surface area contributed by atoms with E-state index < -0.39 is 65.6 Å². The maximum Gasteiger partial charge on any atom is 0.426 e. The van der Waals surface area contributed by atoms with Gasteiger partial charge < -0.3 is 31.6 Å². The number of nitrogens with zero attached hydrogens (tertiary/aromatic N) is 2. The molecule has 1 aromatic rings. The molecule has 15 heteroatoms. The monoisotopic (exact) mass is 659 g/mol. The summed E-state index contributed by atoms with van der Waals surface area (Å²) in [4.78, 5) is 82.4. The lowest BCUT2D eigenvalue weighted by molar-refractivity contribution is -0.155. The van der Waals surface area contributed by atoms with E-state index in [4.69, 9.17) is 20.9 Å². The van der Waals surface area contributed by atoms with Crippen molar-refractivity contribution >= 4 is 41.5 Å². The van der Waals surface area contributed by atoms with Gasteiger partial charge >= 0.3 is 12.1 Å². The molecule has 0 aromatic heterocycles. The van der Waals surface area contributed by atoms with E-state index in [1.54, 1.807) is 27.7 Å². The van der Waals surface area contributed by atoms with Crippen LogP contribution in [0.1, 0.15) is 71.8 Å². The highest BCUT2D eigenvalue weighted by Crippen LogP contribution is 2.32. The van der Waals surface area contributed by atoms with Gasteiger partial charge in [0.05, 0.1) is 18.6 Å². The summed E-state index contributed by atoms with van der Waals surface area (Å²) in [6, 6.07) is 8.22. The number of amides is 4. The molecule has 2 rings (SSSR count). The van der Waals surface area contributed by atoms with E-state index in [9.17, 15) is 28.8 Å². The number of hydrogen-bond acceptors (Lipinski definition) is 9. The third kappa shape index (κ3) is 14.1. The Bertz CT molecular complexity index is 1260. The van der Waals surface area contributed by atoms with Gasteiger partial charge in [0.25, 0.3) is 5.91 Å². The van der Waals surface area contributed by atoms with Gasteiger partial charge in [-0.25, -0.2) is 15.2 Å². The second-order valence-corrected chi connectivity index (χ2v) is 12.2. The van der Waals surface area contributed by atoms with Gasteiger partial charge in [-0.15, -0.1) is 0 Å². The van der Waals surface area contributed by atoms with Crippen LogP contribution in [0.3, 0.4) is 0 Å². The fraction of sp³-hybridized carbons (Fsp3) is 0.594. The van der Waals surface area contributed by atoms with Crippen molar-refractivity contribution in [2.75, 3.05) is 26.2 Å². The number of hydrazine groups is 1. The normalized spacial score (nSPS) is 16.5. The van der Waals surface area contributed by atoms with Gasteiger partial charge in [0, 0.05) is 19.0 Å². The molecule has 0 unspecified atom stereocenters. The summed E-state index contributed by atoms with van der Waals surface area (Å²) in [5, 5.41) is 6.11. The Kier molecular flexibility index (Phi) is 15.6. The average molecular weight is 660 g/mol. The number of ether oxygens (including phenoxy) is 2. The number of carbonyl (C=O) groups excluding carboxylic acids is 6. The average Bonchev–Trinajstić information content (AvgIpc) is 3.01. The zero-order chi connectivity index (χ0) is 35.0. The molecule has 0 bridgehead atoms. The molecule has 1 fully saturated rings. The third-order valence-corrected chi connectivity index (χ3v) is 7.25. The highest BCUT2D eigenvalue weighted by atomic mass is 16.6. The van der Waals surface area contributed by atoms with Crippen LogP contribution < -0.4 is 27.5 Å². The summed E-state index contributed by atoms with van der Waals surface area (Å²) in [6.45, 7) is 6.36. The highest BCUT2D eigenvalue weighted by Gasteiger charge is 2.41. The predicted molar refractivity (Wildman–Crippen MR) is 173 cm³/mol. The van der Waals surface area contributed by atoms with Crippen molar-refractivity contribution in [3.8, 4) is 0 Å². The first-order valence-electron chi connectivity index (χ1n) is 15.9. The second-order valence-electron chi connectivity index (χ2n) is 12.2. The minimum Gasteiger partial charge on any atom is -0.465 e. The molecule has 260 valence electrons. The van der Waals surface area contributed by atoms with Crippen LogP contribution in [-0.4, -0.2) is 84.4 Å². The maximum atomic E-state index is 13.8. The molecule has 1 aliphatic rings. The van der Waals surface area contributed by atoms with Crippen molar-refractivity contribution in [2.45, 2.75) is 84.3 Å². The minimum absolute atomic E-state index is 0.0557. The molecule has 1 saturated carbocycles. The van der Waals surface area contributed by atoms with Crippen LogP contribution in [0.4, 0.5) is 4.79 Å². The molecule has 1 aromatic carbocycles. The molecule has 15 nitrogen and oxygen atoms in total. The van der Waals surface area contributed by atoms with Crippen molar-refractivity contribution < 1.29 is 38.2 Å². The fourth-order valence-corrected chi connectivity index (χ4v) is 5.12. The Morgan fingerprint density at radius 3 is 2.30 bits per heavy atom. The molecule has 0 heterocycles. The van der Waals surface area contributed by atoms with Crippen LogP contribution in [0.2, 0.25) is 0 Å². The molecule has 1 aliphatic carbocycles. The summed E-state index contributed by atoms with van der Waals surface area (Å²) >= 11 is 0. The molecule has 4 amide bonds. The molecule has 7 N–H and O–H groups in total. The van der Waals surface area contributed by atoms with Gasteiger partial charge in [-0.3, -0.25) is 29.0 Å². The molecule has 0 aliphatic heterocycles. The summed E-state index contributed by atoms with van der Waals surface area (Å²) in [5.74, 6) is -5.73. The van der Waals surface area contributed by atoms with Gasteiger partial charge in [-0.05, 0) is 65.4 Å². The molecule has 0 spiro atoms. The molecular weight excluding hydrogens is 610 g/mol. The topological polar surface area (TPSA) is 225 Å². The van der Waals surface area contributed by atoms with Gasteiger partial charge in [0.15, 0.2) is 5.96 Å². The molecule has 47 heavy (non-hydrogen) atoms. The number of benzene rings is 1. The minimum atomic E-state index is -1.21. The van der Waals surface area contributed by atoms with Crippen LogP contribution in [0, 0.1) is 11.8 Å². The SMILES string of the molecule is CCOC(=O)CN(NC(=O)OC(C)(C)C)C(=O)[C@@H]1CCCC[C@H]1C(=O)N[C@@H](CCCN=C(N)N)C(=O)C(=O)NCCc1ccccc1. The van der Waals surface area contributed by atoms with E-state index in [1.807, 2.05) is 30.3 Å². The zero-order valence-electron chi connectivity index (χ0n) is 27.7. The number of nitrogens with two attached hydrogens (primary N) is 2. The first-order valence-corrected chi connectivity index (χ1v) is 15.9. The van der Waals surface area contributed by atoms with Gasteiger partial charge in [0.1, 0.15) is 12.1 Å². The number of rotatable bonds is 15. The lowest BCUT2D eigenvalue weighted by Crippen LogP contribution is -2.56. The quantitative estimate of drug-likeness (QED) is 0.0450. The molecular formula is C32H49N7O8. The Morgan fingerprint density at radius 2 is 1.68 bits per heavy atom. The Balaban J connectivity index is 2.21. The van der Waals surface area contributed by atoms with Crippen molar-refractivity contribution in [1.82, 2.24) is 21.1 Å². The predicted octanol–water partition coefficient (Wildman–Crippen LogP) is 1.09. The van der Waals surface area contributed by atoms with Gasteiger partial charge in [0.2, 0.25) is 17.6 Å². The number of nitrogens with one attached hydrogen (secondary N) is 3. The first-order chi connectivity index (χ1) is 22.2. The highest BCUT2D eigenvalue weighted by molar-refractivity contribution is 6.38. The van der Waals surface area contributed by atoms with Crippen LogP contribution in [0.25, 0.3) is 0 Å². The smallest absolute Gasteiger partial charge is 0.426 e. The number of ketones is 1. The maximum absolute atomic E-state index is 13.8. The van der Waals surface area contributed by atoms with Crippen LogP contribution >= 0.6 is 0 Å². The van der Waals surface area contributed by atoms with Gasteiger partial charge in [-0.1, -0.05) is 43.2 Å². The van der Waals surface area contributed by atoms with E-state index in [0.717, 1.165) is 10.6 Å². The van der Waals surface area contributed by atoms with Crippen molar-refractivity contribution in [3.63, 3.8) is 0 Å². The van der Waals surface area contributed by atoms with E-state index in [2.05, 4.69) is 21.1 Å². The standard InChI is InChI=1S/C32H49N7O8/c1-5-46-25(40)20-39(38-31(45)47-32(2,3)4)29(44)23-15-10-9-14-22(23)27(42)37-24(16-11-18-36-30(33)34)26(41)28(43)35-19-17-21-12-7-6-8-13-21/h6-8,12-13,22-24H,5,9-11,14-20H2,1-4H3,(H,35,43)(H,37,42)(H,38,45)(H4,33,34,36)/t22-,23-,24+/m1/s1. The van der Waals surface area contributed by atoms with Gasteiger partial charge in [-0.2, -0.15) is 0 Å². The summed E-state index contributed by atoms with van der Waals surface area (Å²) in [5.41, 5.74) is 13.2. The fourth-order valence-electron chi connectivity index (χ4n) is 5.12. The summed E-state index contributed by atoms with van der Waals surface area (Å²) in [7, 11) is 0. The van der Waals surface area contributed by atoms with Crippen molar-refractivity contribution in [2.24, 2.45) is 28.3 Å². The first kappa shape index (κ1) is 38.5. The largest absolute Gasteiger partial charge is 0.465 e. The number of esters is 1. The number of Topliss-reactive ketones (excluding diaryl/α,β-unsaturated/α-hetero) is 1. The van der Waals surface area contributed by atoms with Crippen molar-refractivity contribution in [1.29, 1.82) is 0 Å². The van der Waals surface area contributed by atoms with Crippen LogP contribution in [-0.2, 0) is 39.9 Å². The van der Waals surface area contributed by atoms with E-state index >= 15 is 0 Å². The molecule has 0 radical (unpaired) electrons. The van der Waals surface area contributed by atoms with Crippen LogP contribution in [0.5, 0.6) is 0 Å². The number of aliphatic imine (C=N–C) groups is 1. The Hall–Kier alpha value is -4.69. The Morgan fingerprint density at radius 1 is 1.02 bits per heavy atom. The number of carbonyl (C=O) groups is 6. The Labute approximate surface area is 275 Å². The van der Waals surface area contributed by atoms with E-state index in [1.165, 1.54) is 0 Å². The number of hydrogen-bond donors (Lipinski definition) is 5. The second kappa shape index (κ2) is 19.1. The molecule has 3 atom stereocenters. The van der Waals surface area contributed by atoms with E-state index in [0.29, 0.717) is 25.7 Å². The lowest BCUT2D eigenvalue weighted by atomic mass is 9.77.